The minimum absolute atomic E-state index is 0.346. The lowest BCUT2D eigenvalue weighted by Gasteiger charge is -2.61. The van der Waals surface area contributed by atoms with Gasteiger partial charge in [-0.3, -0.25) is 0 Å². The molecule has 4 spiro atoms. The van der Waals surface area contributed by atoms with Gasteiger partial charge in [0.15, 0.2) is 0 Å². The van der Waals surface area contributed by atoms with Crippen molar-refractivity contribution in [3.63, 3.8) is 0 Å². The van der Waals surface area contributed by atoms with Gasteiger partial charge < -0.3 is 0 Å². The molecular formula is C89H90. The van der Waals surface area contributed by atoms with Crippen molar-refractivity contribution < 1.29 is 0 Å². The number of fused-ring (bicyclic) bond motifs is 13. The summed E-state index contributed by atoms with van der Waals surface area (Å²) in [7, 11) is 0. The lowest BCUT2D eigenvalue weighted by molar-refractivity contribution is -0.0399. The van der Waals surface area contributed by atoms with Gasteiger partial charge in [-0.2, -0.15) is 0 Å². The first-order chi connectivity index (χ1) is 44.0. The van der Waals surface area contributed by atoms with Crippen molar-refractivity contribution in [3.8, 4) is 44.5 Å². The largest absolute Gasteiger partial charge is 0.0619 e. The van der Waals surface area contributed by atoms with Gasteiger partial charge in [0, 0.05) is 21.7 Å². The minimum atomic E-state index is 0.346. The van der Waals surface area contributed by atoms with Gasteiger partial charge in [-0.1, -0.05) is 201 Å². The second-order valence-corrected chi connectivity index (χ2v) is 33.4. The van der Waals surface area contributed by atoms with E-state index in [9.17, 15) is 0 Å². The molecule has 20 aliphatic rings. The van der Waals surface area contributed by atoms with Crippen molar-refractivity contribution in [2.45, 2.75) is 156 Å². The van der Waals surface area contributed by atoms with E-state index in [1.54, 1.807) is 44.5 Å². The van der Waals surface area contributed by atoms with Crippen LogP contribution in [-0.4, -0.2) is 0 Å². The molecule has 89 heavy (non-hydrogen) atoms. The van der Waals surface area contributed by atoms with Crippen LogP contribution in [0.2, 0.25) is 0 Å². The summed E-state index contributed by atoms with van der Waals surface area (Å²) in [5.74, 6) is 15.4. The molecule has 0 heterocycles. The highest BCUT2D eigenvalue weighted by Gasteiger charge is 2.65. The van der Waals surface area contributed by atoms with Crippen LogP contribution in [0.15, 0.2) is 194 Å². The van der Waals surface area contributed by atoms with E-state index >= 15 is 0 Å². The SMILES string of the molecule is c1ccc2c(c1)-c1ccccc1C21C2CC3CC(C2)CC1C3.c1ccc2c(c1)-c1ccccc1C21C2CC3CC(C2)CC1C3.c1ccc2c(c1)-c1ccccc1C21C2CC3CC(C2)CC1C3.c1ccc2c(c1)-c1ccccc1C21C2CC3CC[C@@H]1CC(C3)C2. The molecule has 0 aliphatic heterocycles. The van der Waals surface area contributed by atoms with Crippen LogP contribution in [0.25, 0.3) is 44.5 Å². The molecular weight excluding hydrogens is 1070 g/mol. The Hall–Kier alpha value is -6.24. The van der Waals surface area contributed by atoms with Crippen molar-refractivity contribution in [1.82, 2.24) is 0 Å². The first-order valence-corrected chi connectivity index (χ1v) is 36.8. The third-order valence-corrected chi connectivity index (χ3v) is 30.2. The molecule has 3 unspecified atom stereocenters. The first kappa shape index (κ1) is 52.4. The van der Waals surface area contributed by atoms with Crippen LogP contribution in [-0.2, 0) is 21.7 Å². The normalized spacial score (nSPS) is 35.5. The van der Waals surface area contributed by atoms with Gasteiger partial charge in [-0.15, -0.1) is 0 Å². The maximum absolute atomic E-state index is 2.47. The summed E-state index contributed by atoms with van der Waals surface area (Å²) in [5, 5.41) is 0. The van der Waals surface area contributed by atoms with Crippen molar-refractivity contribution in [2.75, 3.05) is 0 Å². The van der Waals surface area contributed by atoms with E-state index in [0.717, 1.165) is 94.7 Å². The van der Waals surface area contributed by atoms with E-state index < -0.39 is 0 Å². The Bertz CT molecular complexity index is 3560. The van der Waals surface area contributed by atoms with Gasteiger partial charge in [0.1, 0.15) is 0 Å². The van der Waals surface area contributed by atoms with Crippen LogP contribution in [0.1, 0.15) is 179 Å². The van der Waals surface area contributed by atoms with Crippen molar-refractivity contribution in [2.24, 2.45) is 94.7 Å². The van der Waals surface area contributed by atoms with E-state index in [-0.39, 0.29) is 0 Å². The molecule has 0 saturated heterocycles. The van der Waals surface area contributed by atoms with Gasteiger partial charge in [0.2, 0.25) is 0 Å². The van der Waals surface area contributed by atoms with Crippen LogP contribution in [0.4, 0.5) is 0 Å². The highest BCUT2D eigenvalue weighted by molar-refractivity contribution is 5.85. The molecule has 0 radical (unpaired) electrons. The summed E-state index contributed by atoms with van der Waals surface area (Å²) in [6.45, 7) is 0. The number of rotatable bonds is 0. The van der Waals surface area contributed by atoms with Crippen LogP contribution < -0.4 is 0 Å². The summed E-state index contributed by atoms with van der Waals surface area (Å²) >= 11 is 0. The van der Waals surface area contributed by atoms with Crippen LogP contribution in [0, 0.1) is 94.7 Å². The average molecular weight is 1160 g/mol. The average Bonchev–Trinajstić information content (AvgIpc) is 1.65. The predicted octanol–water partition coefficient (Wildman–Crippen LogP) is 22.0. The summed E-state index contributed by atoms with van der Waals surface area (Å²) in [6, 6.07) is 74.7. The van der Waals surface area contributed by atoms with Gasteiger partial charge >= 0.3 is 0 Å². The van der Waals surface area contributed by atoms with Crippen molar-refractivity contribution >= 4 is 0 Å². The van der Waals surface area contributed by atoms with E-state index in [1.165, 1.54) is 179 Å². The monoisotopic (exact) mass is 1160 g/mol. The maximum Gasteiger partial charge on any atom is 0.0271 e. The third-order valence-electron chi connectivity index (χ3n) is 30.2. The Labute approximate surface area is 531 Å². The molecule has 4 atom stereocenters. The van der Waals surface area contributed by atoms with Gasteiger partial charge in [-0.05, 0) is 312 Å². The number of hydrogen-bond acceptors (Lipinski definition) is 0. The highest BCUT2D eigenvalue weighted by atomic mass is 14.7. The fraction of sp³-hybridized carbons (Fsp3) is 0.461. The molecule has 0 amide bonds. The maximum atomic E-state index is 2.47. The molecule has 8 aromatic rings. The summed E-state index contributed by atoms with van der Waals surface area (Å²) < 4.78 is 0. The Morgan fingerprint density at radius 3 is 0.528 bits per heavy atom. The molecule has 16 saturated carbocycles. The van der Waals surface area contributed by atoms with Gasteiger partial charge in [0.05, 0.1) is 0 Å². The Kier molecular flexibility index (Phi) is 11.3. The zero-order valence-corrected chi connectivity index (χ0v) is 52.6. The zero-order valence-electron chi connectivity index (χ0n) is 52.6. The Morgan fingerprint density at radius 2 is 0.315 bits per heavy atom. The van der Waals surface area contributed by atoms with Gasteiger partial charge in [0.25, 0.3) is 0 Å². The standard InChI is InChI=1S/C23H24.3C22H22/c1-3-7-21-19(5-1)20-6-2-4-8-22(20)23(21)17-10-9-15-11-16(13-17)14-18(23)12-15;3*1-3-7-20-18(5-1)19-6-2-4-8-21(19)22(20)16-10-14-9-15(12-16)13-17(22)11-14/h1-8,15-18H,9-14H2;3*1-8,14-17H,9-13H2/t15?,16?,17-,18?;;;/m1.../s1. The highest BCUT2D eigenvalue weighted by Crippen LogP contribution is 2.73. The number of benzene rings is 8. The Balaban J connectivity index is 0.0000000809. The van der Waals surface area contributed by atoms with E-state index in [0.29, 0.717) is 21.7 Å². The first-order valence-electron chi connectivity index (χ1n) is 36.8. The van der Waals surface area contributed by atoms with E-state index in [4.69, 9.17) is 0 Å². The fourth-order valence-electron chi connectivity index (χ4n) is 28.6. The summed E-state index contributed by atoms with van der Waals surface area (Å²) in [6.07, 6.45) is 31.3. The molecule has 0 nitrogen and oxygen atoms in total. The lowest BCUT2D eigenvalue weighted by atomic mass is 9.43. The van der Waals surface area contributed by atoms with Gasteiger partial charge in [-0.25, -0.2) is 0 Å². The number of hydrogen-bond donors (Lipinski definition) is 0. The predicted molar refractivity (Wildman–Crippen MR) is 363 cm³/mol. The molecule has 8 aromatic carbocycles. The zero-order chi connectivity index (χ0) is 58.0. The van der Waals surface area contributed by atoms with Crippen LogP contribution in [0.5, 0.6) is 0 Å². The molecule has 446 valence electrons. The molecule has 0 heteroatoms. The second kappa shape index (κ2) is 19.2. The molecule has 28 rings (SSSR count). The van der Waals surface area contributed by atoms with Crippen molar-refractivity contribution in [3.05, 3.63) is 239 Å². The summed E-state index contributed by atoms with van der Waals surface area (Å²) in [4.78, 5) is 0. The smallest absolute Gasteiger partial charge is 0.0271 e. The second-order valence-electron chi connectivity index (χ2n) is 33.4. The van der Waals surface area contributed by atoms with E-state index in [2.05, 4.69) is 194 Å². The van der Waals surface area contributed by atoms with Crippen molar-refractivity contribution in [1.29, 1.82) is 0 Å². The molecule has 16 bridgehead atoms. The quantitative estimate of drug-likeness (QED) is 0.142. The fourth-order valence-corrected chi connectivity index (χ4v) is 28.6. The minimum Gasteiger partial charge on any atom is -0.0619 e. The summed E-state index contributed by atoms with van der Waals surface area (Å²) in [5.41, 5.74) is 27.1. The topological polar surface area (TPSA) is 0 Å². The van der Waals surface area contributed by atoms with Crippen LogP contribution >= 0.6 is 0 Å². The van der Waals surface area contributed by atoms with Crippen LogP contribution in [0.3, 0.4) is 0 Å². The Morgan fingerprint density at radius 1 is 0.157 bits per heavy atom. The molecule has 0 N–H and O–H groups in total. The molecule has 16 fully saturated rings. The molecule has 20 aliphatic carbocycles. The van der Waals surface area contributed by atoms with E-state index in [1.807, 2.05) is 0 Å². The lowest BCUT2D eigenvalue weighted by Crippen LogP contribution is -2.55. The third kappa shape index (κ3) is 6.89. The molecule has 0 aromatic heterocycles.